The van der Waals surface area contributed by atoms with Gasteiger partial charge in [-0.05, 0) is 12.1 Å². The third-order valence-electron chi connectivity index (χ3n) is 3.55. The lowest BCUT2D eigenvalue weighted by Crippen LogP contribution is -2.35. The third-order valence-corrected chi connectivity index (χ3v) is 3.55. The number of nitrogens with one attached hydrogen (secondary N) is 1. The molecule has 1 aliphatic rings. The Bertz CT molecular complexity index is 760. The molecule has 0 amide bonds. The first-order chi connectivity index (χ1) is 10.4. The van der Waals surface area contributed by atoms with Gasteiger partial charge in [0.25, 0.3) is 5.89 Å². The van der Waals surface area contributed by atoms with E-state index >= 15 is 0 Å². The fraction of sp³-hybridized carbons (Fsp3) is 0.267. The van der Waals surface area contributed by atoms with Crippen molar-refractivity contribution in [2.75, 3.05) is 19.8 Å². The van der Waals surface area contributed by atoms with E-state index in [4.69, 9.17) is 9.26 Å². The number of aromatic nitrogens is 3. The molecule has 21 heavy (non-hydrogen) atoms. The number of fused-ring (bicyclic) bond motifs is 1. The molecular formula is C15H14N4O2. The van der Waals surface area contributed by atoms with E-state index in [0.717, 1.165) is 29.6 Å². The molecule has 0 spiro atoms. The summed E-state index contributed by atoms with van der Waals surface area (Å²) in [6.45, 7) is 2.08. The molecule has 6 nitrogen and oxygen atoms in total. The summed E-state index contributed by atoms with van der Waals surface area (Å²) in [7, 11) is 0. The van der Waals surface area contributed by atoms with Crippen LogP contribution < -0.4 is 5.32 Å². The minimum Gasteiger partial charge on any atom is -0.378 e. The molecule has 1 fully saturated rings. The van der Waals surface area contributed by atoms with Crippen LogP contribution in [0, 0.1) is 0 Å². The number of hydrogen-bond acceptors (Lipinski definition) is 6. The molecule has 3 aromatic rings. The first-order valence-electron chi connectivity index (χ1n) is 6.91. The summed E-state index contributed by atoms with van der Waals surface area (Å²) >= 11 is 0. The van der Waals surface area contributed by atoms with Crippen LogP contribution in [0.1, 0.15) is 11.9 Å². The molecule has 1 unspecified atom stereocenters. The molecule has 1 atom stereocenters. The molecule has 0 saturated carbocycles. The fourth-order valence-corrected chi connectivity index (χ4v) is 2.50. The number of rotatable bonds is 2. The molecule has 4 rings (SSSR count). The largest absolute Gasteiger partial charge is 0.378 e. The van der Waals surface area contributed by atoms with Crippen LogP contribution in [0.15, 0.2) is 41.1 Å². The average molecular weight is 282 g/mol. The Morgan fingerprint density at radius 2 is 2.14 bits per heavy atom. The molecule has 0 aliphatic carbocycles. The summed E-state index contributed by atoms with van der Waals surface area (Å²) in [6.07, 6.45) is 1.75. The maximum absolute atomic E-state index is 5.43. The lowest BCUT2D eigenvalue weighted by molar-refractivity contribution is 0.0734. The number of hydrogen-bond donors (Lipinski definition) is 1. The van der Waals surface area contributed by atoms with Crippen LogP contribution >= 0.6 is 0 Å². The van der Waals surface area contributed by atoms with Gasteiger partial charge >= 0.3 is 0 Å². The Labute approximate surface area is 121 Å². The Balaban J connectivity index is 1.74. The van der Waals surface area contributed by atoms with Gasteiger partial charge in [-0.2, -0.15) is 4.98 Å². The predicted molar refractivity (Wildman–Crippen MR) is 76.6 cm³/mol. The summed E-state index contributed by atoms with van der Waals surface area (Å²) in [4.78, 5) is 8.85. The van der Waals surface area contributed by atoms with Gasteiger partial charge in [-0.1, -0.05) is 23.4 Å². The predicted octanol–water partition coefficient (Wildman–Crippen LogP) is 1.95. The highest BCUT2D eigenvalue weighted by molar-refractivity contribution is 5.91. The zero-order chi connectivity index (χ0) is 14.1. The molecule has 0 radical (unpaired) electrons. The van der Waals surface area contributed by atoms with E-state index in [1.165, 1.54) is 0 Å². The fourth-order valence-electron chi connectivity index (χ4n) is 2.50. The van der Waals surface area contributed by atoms with Crippen molar-refractivity contribution < 1.29 is 9.26 Å². The molecule has 2 aromatic heterocycles. The summed E-state index contributed by atoms with van der Waals surface area (Å²) in [6, 6.07) is 9.79. The summed E-state index contributed by atoms with van der Waals surface area (Å²) in [5.74, 6) is 1.14. The second kappa shape index (κ2) is 5.23. The number of morpholine rings is 1. The third kappa shape index (κ3) is 2.28. The lowest BCUT2D eigenvalue weighted by Gasteiger charge is -2.20. The first kappa shape index (κ1) is 12.4. The van der Waals surface area contributed by atoms with E-state index in [1.807, 2.05) is 30.3 Å². The van der Waals surface area contributed by atoms with Crippen molar-refractivity contribution in [1.29, 1.82) is 0 Å². The number of benzene rings is 1. The van der Waals surface area contributed by atoms with Gasteiger partial charge in [0.15, 0.2) is 5.82 Å². The summed E-state index contributed by atoms with van der Waals surface area (Å²) < 4.78 is 10.9. The van der Waals surface area contributed by atoms with Gasteiger partial charge in [0, 0.05) is 18.1 Å². The van der Waals surface area contributed by atoms with Crippen molar-refractivity contribution >= 4 is 10.9 Å². The minimum atomic E-state index is -0.00986. The summed E-state index contributed by atoms with van der Waals surface area (Å²) in [5, 5.41) is 8.39. The zero-order valence-corrected chi connectivity index (χ0v) is 11.3. The van der Waals surface area contributed by atoms with Crippen LogP contribution in [0.25, 0.3) is 22.4 Å². The molecular weight excluding hydrogens is 268 g/mol. The van der Waals surface area contributed by atoms with Crippen LogP contribution in [0.3, 0.4) is 0 Å². The van der Waals surface area contributed by atoms with Gasteiger partial charge in [-0.3, -0.25) is 4.98 Å². The Kier molecular flexibility index (Phi) is 3.10. The van der Waals surface area contributed by atoms with Gasteiger partial charge in [0.05, 0.1) is 30.3 Å². The molecule has 106 valence electrons. The van der Waals surface area contributed by atoms with E-state index < -0.39 is 0 Å². The number of ether oxygens (including phenoxy) is 1. The molecule has 1 N–H and O–H groups in total. The Morgan fingerprint density at radius 1 is 1.19 bits per heavy atom. The van der Waals surface area contributed by atoms with Gasteiger partial charge in [0.2, 0.25) is 0 Å². The highest BCUT2D eigenvalue weighted by Gasteiger charge is 2.22. The van der Waals surface area contributed by atoms with E-state index in [1.54, 1.807) is 6.20 Å². The normalized spacial score (nSPS) is 19.0. The number of nitrogens with zero attached hydrogens (tertiary/aromatic N) is 3. The van der Waals surface area contributed by atoms with Crippen LogP contribution in [-0.4, -0.2) is 34.9 Å². The maximum Gasteiger partial charge on any atom is 0.258 e. The smallest absolute Gasteiger partial charge is 0.258 e. The minimum absolute atomic E-state index is 0.00986. The van der Waals surface area contributed by atoms with Gasteiger partial charge in [-0.15, -0.1) is 0 Å². The van der Waals surface area contributed by atoms with Crippen molar-refractivity contribution in [3.63, 3.8) is 0 Å². The van der Waals surface area contributed by atoms with Crippen LogP contribution in [0.2, 0.25) is 0 Å². The SMILES string of the molecule is c1ccc2c(-c3nc(C4COCCN4)no3)ccnc2c1. The lowest BCUT2D eigenvalue weighted by atomic mass is 10.1. The van der Waals surface area contributed by atoms with Crippen LogP contribution in [0.5, 0.6) is 0 Å². The van der Waals surface area contributed by atoms with Gasteiger partial charge in [0.1, 0.15) is 0 Å². The number of pyridine rings is 1. The quantitative estimate of drug-likeness (QED) is 0.774. The molecule has 1 aliphatic heterocycles. The monoisotopic (exact) mass is 282 g/mol. The second-order valence-corrected chi connectivity index (χ2v) is 4.92. The topological polar surface area (TPSA) is 73.1 Å². The van der Waals surface area contributed by atoms with Crippen LogP contribution in [0.4, 0.5) is 0 Å². The van der Waals surface area contributed by atoms with Crippen molar-refractivity contribution in [3.8, 4) is 11.5 Å². The van der Waals surface area contributed by atoms with Gasteiger partial charge in [-0.25, -0.2) is 0 Å². The zero-order valence-electron chi connectivity index (χ0n) is 11.3. The van der Waals surface area contributed by atoms with E-state index in [2.05, 4.69) is 20.4 Å². The van der Waals surface area contributed by atoms with Crippen LogP contribution in [-0.2, 0) is 4.74 Å². The molecule has 6 heteroatoms. The average Bonchev–Trinajstić information content (AvgIpc) is 3.05. The molecule has 3 heterocycles. The molecule has 1 saturated heterocycles. The first-order valence-corrected chi connectivity index (χ1v) is 6.91. The van der Waals surface area contributed by atoms with Crippen molar-refractivity contribution in [2.45, 2.75) is 6.04 Å². The number of para-hydroxylation sites is 1. The molecule has 1 aromatic carbocycles. The van der Waals surface area contributed by atoms with E-state index in [-0.39, 0.29) is 6.04 Å². The van der Waals surface area contributed by atoms with E-state index in [9.17, 15) is 0 Å². The van der Waals surface area contributed by atoms with Crippen molar-refractivity contribution in [1.82, 2.24) is 20.4 Å². The maximum atomic E-state index is 5.43. The molecule has 0 bridgehead atoms. The Hall–Kier alpha value is -2.31. The van der Waals surface area contributed by atoms with Gasteiger partial charge < -0.3 is 14.6 Å². The highest BCUT2D eigenvalue weighted by Crippen LogP contribution is 2.26. The van der Waals surface area contributed by atoms with Crippen molar-refractivity contribution in [2.24, 2.45) is 0 Å². The Morgan fingerprint density at radius 3 is 3.05 bits per heavy atom. The summed E-state index contributed by atoms with van der Waals surface area (Å²) in [5.41, 5.74) is 1.81. The van der Waals surface area contributed by atoms with Crippen molar-refractivity contribution in [3.05, 3.63) is 42.4 Å². The highest BCUT2D eigenvalue weighted by atomic mass is 16.5. The van der Waals surface area contributed by atoms with E-state index in [0.29, 0.717) is 18.3 Å². The standard InChI is InChI=1S/C15H14N4O2/c1-2-4-12-10(3-1)11(5-6-16-12)15-18-14(19-21-15)13-9-20-8-7-17-13/h1-6,13,17H,7-9H2. The second-order valence-electron chi connectivity index (χ2n) is 4.92.